The summed E-state index contributed by atoms with van der Waals surface area (Å²) in [6.45, 7) is 5.59. The molecule has 0 fully saturated rings. The zero-order valence-electron chi connectivity index (χ0n) is 15.6. The number of nitrogens with zero attached hydrogens (tertiary/aromatic N) is 1. The van der Waals surface area contributed by atoms with E-state index in [0.717, 1.165) is 21.7 Å². The molecule has 146 valence electrons. The van der Waals surface area contributed by atoms with E-state index in [0.29, 0.717) is 21.4 Å². The molecule has 2 aromatic carbocycles. The number of benzene rings is 2. The Morgan fingerprint density at radius 2 is 1.78 bits per heavy atom. The van der Waals surface area contributed by atoms with Gasteiger partial charge in [-0.05, 0) is 61.7 Å². The number of hydrogen-bond donors (Lipinski definition) is 1. The third-order valence-corrected chi connectivity index (χ3v) is 6.01. The third-order valence-electron chi connectivity index (χ3n) is 4.26. The SMILES string of the molecule is CC[C@H](C(=O)Nc1cc(Cl)ccc1Cl)N(c1ccc(C)c(C)c1)S(C)(=O)=O. The van der Waals surface area contributed by atoms with Crippen molar-refractivity contribution >= 4 is 50.5 Å². The van der Waals surface area contributed by atoms with Gasteiger partial charge >= 0.3 is 0 Å². The minimum absolute atomic E-state index is 0.282. The van der Waals surface area contributed by atoms with Crippen LogP contribution >= 0.6 is 23.2 Å². The average Bonchev–Trinajstić information content (AvgIpc) is 2.57. The van der Waals surface area contributed by atoms with Crippen LogP contribution < -0.4 is 9.62 Å². The fourth-order valence-electron chi connectivity index (χ4n) is 2.73. The Labute approximate surface area is 170 Å². The van der Waals surface area contributed by atoms with Crippen molar-refractivity contribution in [1.29, 1.82) is 0 Å². The van der Waals surface area contributed by atoms with Crippen LogP contribution in [-0.2, 0) is 14.8 Å². The molecular weight excluding hydrogens is 407 g/mol. The first-order valence-electron chi connectivity index (χ1n) is 8.37. The number of hydrogen-bond acceptors (Lipinski definition) is 3. The Hall–Kier alpha value is -1.76. The van der Waals surface area contributed by atoms with Gasteiger partial charge in [0, 0.05) is 5.02 Å². The molecule has 1 N–H and O–H groups in total. The molecule has 1 atom stereocenters. The van der Waals surface area contributed by atoms with Crippen LogP contribution in [0.1, 0.15) is 24.5 Å². The van der Waals surface area contributed by atoms with Gasteiger partial charge in [0.15, 0.2) is 0 Å². The molecule has 2 rings (SSSR count). The number of nitrogens with one attached hydrogen (secondary N) is 1. The van der Waals surface area contributed by atoms with Gasteiger partial charge in [0.05, 0.1) is 22.7 Å². The predicted octanol–water partition coefficient (Wildman–Crippen LogP) is 4.79. The Morgan fingerprint density at radius 1 is 1.11 bits per heavy atom. The Kier molecular flexibility index (Phi) is 6.78. The molecule has 0 saturated heterocycles. The van der Waals surface area contributed by atoms with E-state index in [2.05, 4.69) is 5.32 Å². The summed E-state index contributed by atoms with van der Waals surface area (Å²) in [6.07, 6.45) is 1.37. The normalized spacial score (nSPS) is 12.5. The lowest BCUT2D eigenvalue weighted by Crippen LogP contribution is -2.47. The van der Waals surface area contributed by atoms with Crippen molar-refractivity contribution in [3.63, 3.8) is 0 Å². The van der Waals surface area contributed by atoms with Crippen molar-refractivity contribution in [2.45, 2.75) is 33.2 Å². The van der Waals surface area contributed by atoms with E-state index in [9.17, 15) is 13.2 Å². The van der Waals surface area contributed by atoms with Gasteiger partial charge in [-0.3, -0.25) is 9.10 Å². The topological polar surface area (TPSA) is 66.5 Å². The van der Waals surface area contributed by atoms with Crippen LogP contribution in [0.3, 0.4) is 0 Å². The van der Waals surface area contributed by atoms with Gasteiger partial charge < -0.3 is 5.32 Å². The van der Waals surface area contributed by atoms with E-state index in [-0.39, 0.29) is 6.42 Å². The second-order valence-corrected chi connectivity index (χ2v) is 9.07. The number of amides is 1. The van der Waals surface area contributed by atoms with E-state index < -0.39 is 22.0 Å². The molecule has 2 aromatic rings. The van der Waals surface area contributed by atoms with Crippen LogP contribution in [0.2, 0.25) is 10.0 Å². The Balaban J connectivity index is 2.44. The summed E-state index contributed by atoms with van der Waals surface area (Å²) in [4.78, 5) is 12.9. The number of carbonyl (C=O) groups excluding carboxylic acids is 1. The molecule has 0 heterocycles. The minimum atomic E-state index is -3.70. The van der Waals surface area contributed by atoms with Gasteiger partial charge in [-0.2, -0.15) is 0 Å². The number of sulfonamides is 1. The zero-order chi connectivity index (χ0) is 20.4. The van der Waals surface area contributed by atoms with E-state index in [1.54, 1.807) is 31.2 Å². The van der Waals surface area contributed by atoms with Crippen molar-refractivity contribution in [2.75, 3.05) is 15.9 Å². The molecule has 8 heteroatoms. The van der Waals surface area contributed by atoms with Gasteiger partial charge in [0.25, 0.3) is 0 Å². The van der Waals surface area contributed by atoms with Crippen molar-refractivity contribution < 1.29 is 13.2 Å². The van der Waals surface area contributed by atoms with Gasteiger partial charge in [-0.1, -0.05) is 36.2 Å². The highest BCUT2D eigenvalue weighted by molar-refractivity contribution is 7.92. The molecule has 5 nitrogen and oxygen atoms in total. The van der Waals surface area contributed by atoms with Crippen molar-refractivity contribution in [1.82, 2.24) is 0 Å². The molecule has 0 aromatic heterocycles. The molecule has 0 radical (unpaired) electrons. The van der Waals surface area contributed by atoms with Gasteiger partial charge in [0.1, 0.15) is 6.04 Å². The Bertz CT molecular complexity index is 961. The van der Waals surface area contributed by atoms with Gasteiger partial charge in [-0.25, -0.2) is 8.42 Å². The first kappa shape index (κ1) is 21.5. The summed E-state index contributed by atoms with van der Waals surface area (Å²) >= 11 is 12.1. The molecule has 1 amide bonds. The average molecular weight is 429 g/mol. The zero-order valence-corrected chi connectivity index (χ0v) is 17.9. The number of carbonyl (C=O) groups is 1. The Morgan fingerprint density at radius 3 is 2.33 bits per heavy atom. The summed E-state index contributed by atoms with van der Waals surface area (Å²) < 4.78 is 26.2. The maximum atomic E-state index is 12.9. The minimum Gasteiger partial charge on any atom is -0.323 e. The lowest BCUT2D eigenvalue weighted by Gasteiger charge is -2.30. The lowest BCUT2D eigenvalue weighted by atomic mass is 10.1. The van der Waals surface area contributed by atoms with Gasteiger partial charge in [0.2, 0.25) is 15.9 Å². The standard InChI is InChI=1S/C19H22Cl2N2O3S/c1-5-18(19(24)22-17-11-14(20)7-9-16(17)21)23(27(4,25)26)15-8-6-12(2)13(3)10-15/h6-11,18H,5H2,1-4H3,(H,22,24)/t18-/m1/s1. The summed E-state index contributed by atoms with van der Waals surface area (Å²) in [5, 5.41) is 3.42. The van der Waals surface area contributed by atoms with Crippen molar-refractivity contribution in [3.05, 3.63) is 57.6 Å². The maximum absolute atomic E-state index is 12.9. The molecule has 0 spiro atoms. The van der Waals surface area contributed by atoms with Gasteiger partial charge in [-0.15, -0.1) is 0 Å². The van der Waals surface area contributed by atoms with Crippen LogP contribution in [0.5, 0.6) is 0 Å². The predicted molar refractivity (Wildman–Crippen MR) is 112 cm³/mol. The highest BCUT2D eigenvalue weighted by atomic mass is 35.5. The summed E-state index contributed by atoms with van der Waals surface area (Å²) in [6, 6.07) is 9.06. The lowest BCUT2D eigenvalue weighted by molar-refractivity contribution is -0.117. The van der Waals surface area contributed by atoms with E-state index in [1.807, 2.05) is 19.9 Å². The van der Waals surface area contributed by atoms with Crippen molar-refractivity contribution in [3.8, 4) is 0 Å². The number of aryl methyl sites for hydroxylation is 2. The summed E-state index contributed by atoms with van der Waals surface area (Å²) in [5.74, 6) is -0.481. The number of anilines is 2. The van der Waals surface area contributed by atoms with E-state index in [4.69, 9.17) is 23.2 Å². The number of rotatable bonds is 6. The molecule has 0 saturated carbocycles. The highest BCUT2D eigenvalue weighted by Crippen LogP contribution is 2.28. The van der Waals surface area contributed by atoms with Crippen LogP contribution in [0, 0.1) is 13.8 Å². The largest absolute Gasteiger partial charge is 0.323 e. The highest BCUT2D eigenvalue weighted by Gasteiger charge is 2.32. The summed E-state index contributed by atoms with van der Waals surface area (Å²) in [5.41, 5.74) is 2.76. The molecule has 27 heavy (non-hydrogen) atoms. The quantitative estimate of drug-likeness (QED) is 0.718. The smallest absolute Gasteiger partial charge is 0.248 e. The van der Waals surface area contributed by atoms with E-state index in [1.165, 1.54) is 6.07 Å². The molecular formula is C19H22Cl2N2O3S. The first-order valence-corrected chi connectivity index (χ1v) is 11.0. The van der Waals surface area contributed by atoms with Crippen LogP contribution in [0.25, 0.3) is 0 Å². The molecule has 0 aliphatic carbocycles. The van der Waals surface area contributed by atoms with Crippen molar-refractivity contribution in [2.24, 2.45) is 0 Å². The number of halogens is 2. The first-order chi connectivity index (χ1) is 12.5. The third kappa shape index (κ3) is 5.15. The second kappa shape index (κ2) is 8.50. The molecule has 0 bridgehead atoms. The van der Waals surface area contributed by atoms with Crippen LogP contribution in [-0.4, -0.2) is 26.6 Å². The maximum Gasteiger partial charge on any atom is 0.248 e. The molecule has 0 unspecified atom stereocenters. The van der Waals surface area contributed by atoms with E-state index >= 15 is 0 Å². The fourth-order valence-corrected chi connectivity index (χ4v) is 4.27. The summed E-state index contributed by atoms with van der Waals surface area (Å²) in [7, 11) is -3.70. The van der Waals surface area contributed by atoms with Crippen LogP contribution in [0.4, 0.5) is 11.4 Å². The second-order valence-electron chi connectivity index (χ2n) is 6.36. The van der Waals surface area contributed by atoms with Crippen LogP contribution in [0.15, 0.2) is 36.4 Å². The fraction of sp³-hybridized carbons (Fsp3) is 0.316. The molecule has 0 aliphatic heterocycles. The molecule has 0 aliphatic rings. The monoisotopic (exact) mass is 428 g/mol.